The van der Waals surface area contributed by atoms with E-state index in [4.69, 9.17) is 0 Å². The van der Waals surface area contributed by atoms with Gasteiger partial charge in [-0.15, -0.1) is 0 Å². The predicted molar refractivity (Wildman–Crippen MR) is 130 cm³/mol. The number of aromatic nitrogens is 3. The summed E-state index contributed by atoms with van der Waals surface area (Å²) in [6.45, 7) is 6.51. The molecule has 4 aromatic rings. The van der Waals surface area contributed by atoms with Crippen LogP contribution in [0.3, 0.4) is 0 Å². The number of nitrogens with one attached hydrogen (secondary N) is 1. The number of aromatic hydroxyl groups is 1. The first-order valence-corrected chi connectivity index (χ1v) is 11.8. The van der Waals surface area contributed by atoms with E-state index in [2.05, 4.69) is 50.4 Å². The summed E-state index contributed by atoms with van der Waals surface area (Å²) >= 11 is 0. The number of likely N-dealkylation sites (tertiary alicyclic amines) is 2. The van der Waals surface area contributed by atoms with Crippen molar-refractivity contribution in [3.05, 3.63) is 77.5 Å². The van der Waals surface area contributed by atoms with Crippen LogP contribution in [0.1, 0.15) is 21.6 Å². The second-order valence-corrected chi connectivity index (χ2v) is 9.56. The number of benzene rings is 2. The first-order chi connectivity index (χ1) is 16.5. The number of amides is 1. The zero-order valence-corrected chi connectivity index (χ0v) is 19.1. The van der Waals surface area contributed by atoms with Crippen molar-refractivity contribution in [2.45, 2.75) is 13.5 Å². The lowest BCUT2D eigenvalue weighted by molar-refractivity contribution is 0.0775. The van der Waals surface area contributed by atoms with Crippen LogP contribution in [0.15, 0.2) is 60.7 Å². The van der Waals surface area contributed by atoms with Gasteiger partial charge in [0.1, 0.15) is 5.75 Å². The number of carbonyl (C=O) groups is 1. The van der Waals surface area contributed by atoms with E-state index < -0.39 is 0 Å². The number of aryl methyl sites for hydroxylation is 1. The Morgan fingerprint density at radius 1 is 1.03 bits per heavy atom. The number of aromatic amines is 1. The summed E-state index contributed by atoms with van der Waals surface area (Å²) in [6.07, 6.45) is 0. The zero-order chi connectivity index (χ0) is 23.2. The van der Waals surface area contributed by atoms with E-state index in [1.807, 2.05) is 17.9 Å². The van der Waals surface area contributed by atoms with Gasteiger partial charge in [0.15, 0.2) is 5.65 Å². The van der Waals surface area contributed by atoms with Crippen molar-refractivity contribution in [2.24, 2.45) is 11.8 Å². The van der Waals surface area contributed by atoms with Gasteiger partial charge in [-0.3, -0.25) is 14.8 Å². The van der Waals surface area contributed by atoms with Gasteiger partial charge in [-0.25, -0.2) is 4.98 Å². The van der Waals surface area contributed by atoms with Crippen LogP contribution in [0.5, 0.6) is 5.75 Å². The normalized spacial score (nSPS) is 20.2. The molecule has 1 amide bonds. The van der Waals surface area contributed by atoms with Gasteiger partial charge >= 0.3 is 0 Å². The number of hydrogen-bond donors (Lipinski definition) is 2. The smallest absolute Gasteiger partial charge is 0.254 e. The van der Waals surface area contributed by atoms with Crippen LogP contribution in [0.2, 0.25) is 0 Å². The number of H-pyrrole nitrogens is 1. The average Bonchev–Trinajstić information content (AvgIpc) is 3.52. The summed E-state index contributed by atoms with van der Waals surface area (Å²) in [5.74, 6) is 1.25. The summed E-state index contributed by atoms with van der Waals surface area (Å²) in [5, 5.41) is 17.8. The minimum atomic E-state index is 0.0425. The van der Waals surface area contributed by atoms with E-state index in [1.165, 1.54) is 5.56 Å². The van der Waals surface area contributed by atoms with Gasteiger partial charge in [0.25, 0.3) is 5.91 Å². The molecule has 0 spiro atoms. The van der Waals surface area contributed by atoms with Gasteiger partial charge in [-0.05, 0) is 54.7 Å². The Labute approximate surface area is 198 Å². The van der Waals surface area contributed by atoms with E-state index in [0.29, 0.717) is 28.7 Å². The van der Waals surface area contributed by atoms with Gasteiger partial charge in [-0.1, -0.05) is 30.3 Å². The van der Waals surface area contributed by atoms with E-state index in [9.17, 15) is 9.90 Å². The number of phenols is 1. The van der Waals surface area contributed by atoms with Gasteiger partial charge < -0.3 is 10.0 Å². The van der Waals surface area contributed by atoms with Crippen LogP contribution in [0.4, 0.5) is 0 Å². The molecule has 2 aliphatic heterocycles. The molecule has 2 aromatic carbocycles. The molecule has 0 bridgehead atoms. The second kappa shape index (κ2) is 8.25. The Bertz CT molecular complexity index is 1330. The number of rotatable bonds is 4. The van der Waals surface area contributed by atoms with Crippen LogP contribution in [0.25, 0.3) is 22.3 Å². The fourth-order valence-corrected chi connectivity index (χ4v) is 5.52. The summed E-state index contributed by atoms with van der Waals surface area (Å²) in [6, 6.07) is 19.3. The molecule has 2 atom stereocenters. The van der Waals surface area contributed by atoms with Crippen LogP contribution < -0.4 is 0 Å². The number of phenolic OH excluding ortho intramolecular Hbond substituents is 1. The first-order valence-electron chi connectivity index (χ1n) is 11.8. The Morgan fingerprint density at radius 3 is 2.44 bits per heavy atom. The third-order valence-corrected chi connectivity index (χ3v) is 7.20. The Balaban J connectivity index is 1.24. The molecular formula is C27H27N5O2. The summed E-state index contributed by atoms with van der Waals surface area (Å²) < 4.78 is 0. The Hall–Kier alpha value is -3.71. The third-order valence-electron chi connectivity index (χ3n) is 7.20. The molecule has 2 unspecified atom stereocenters. The van der Waals surface area contributed by atoms with Gasteiger partial charge in [0.05, 0.1) is 16.6 Å². The molecule has 2 aromatic heterocycles. The molecular weight excluding hydrogens is 426 g/mol. The van der Waals surface area contributed by atoms with E-state index >= 15 is 0 Å². The molecule has 2 saturated heterocycles. The molecule has 7 heteroatoms. The second-order valence-electron chi connectivity index (χ2n) is 9.56. The maximum absolute atomic E-state index is 13.8. The largest absolute Gasteiger partial charge is 0.508 e. The highest BCUT2D eigenvalue weighted by Gasteiger charge is 2.42. The highest BCUT2D eigenvalue weighted by molar-refractivity contribution is 6.07. The lowest BCUT2D eigenvalue weighted by Crippen LogP contribution is -2.33. The van der Waals surface area contributed by atoms with E-state index in [1.54, 1.807) is 24.3 Å². The maximum Gasteiger partial charge on any atom is 0.254 e. The van der Waals surface area contributed by atoms with Gasteiger partial charge in [-0.2, -0.15) is 5.10 Å². The molecule has 6 rings (SSSR count). The SMILES string of the molecule is Cc1[nH]nc2nc(-c3ccc(O)cc3)cc(C(=O)N3CC4CN(Cc5ccccc5)CC4C3)c12. The van der Waals surface area contributed by atoms with Crippen molar-refractivity contribution in [2.75, 3.05) is 26.2 Å². The zero-order valence-electron chi connectivity index (χ0n) is 19.1. The monoisotopic (exact) mass is 453 g/mol. The Morgan fingerprint density at radius 2 is 1.74 bits per heavy atom. The minimum Gasteiger partial charge on any atom is -0.508 e. The fraction of sp³-hybridized carbons (Fsp3) is 0.296. The van der Waals surface area contributed by atoms with Crippen LogP contribution >= 0.6 is 0 Å². The van der Waals surface area contributed by atoms with E-state index in [0.717, 1.165) is 49.4 Å². The lowest BCUT2D eigenvalue weighted by Gasteiger charge is -2.22. The molecule has 2 fully saturated rings. The molecule has 4 heterocycles. The standard InChI is InChI=1S/C27H27N5O2/c1-17-25-23(11-24(28-26(25)30-29-17)19-7-9-22(33)10-8-19)27(34)32-15-20-13-31(14-21(20)16-32)12-18-5-3-2-4-6-18/h2-11,20-21,33H,12-16H2,1H3,(H,28,29,30). The highest BCUT2D eigenvalue weighted by Crippen LogP contribution is 2.34. The molecule has 172 valence electrons. The topological polar surface area (TPSA) is 85.3 Å². The highest BCUT2D eigenvalue weighted by atomic mass is 16.3. The first kappa shape index (κ1) is 20.9. The van der Waals surface area contributed by atoms with Crippen LogP contribution in [-0.2, 0) is 6.54 Å². The average molecular weight is 454 g/mol. The van der Waals surface area contributed by atoms with Crippen LogP contribution in [0, 0.1) is 18.8 Å². The molecule has 0 saturated carbocycles. The number of hydrogen-bond acceptors (Lipinski definition) is 5. The molecule has 7 nitrogen and oxygen atoms in total. The molecule has 2 N–H and O–H groups in total. The van der Waals surface area contributed by atoms with Crippen molar-refractivity contribution in [1.82, 2.24) is 25.0 Å². The van der Waals surface area contributed by atoms with Crippen molar-refractivity contribution < 1.29 is 9.90 Å². The van der Waals surface area contributed by atoms with Gasteiger partial charge in [0.2, 0.25) is 0 Å². The quantitative estimate of drug-likeness (QED) is 0.490. The van der Waals surface area contributed by atoms with Crippen molar-refractivity contribution >= 4 is 16.9 Å². The fourth-order valence-electron chi connectivity index (χ4n) is 5.52. The van der Waals surface area contributed by atoms with E-state index in [-0.39, 0.29) is 11.7 Å². The predicted octanol–water partition coefficient (Wildman–Crippen LogP) is 3.84. The third kappa shape index (κ3) is 3.72. The Kier molecular flexibility index (Phi) is 5.07. The molecule has 0 aliphatic carbocycles. The minimum absolute atomic E-state index is 0.0425. The summed E-state index contributed by atoms with van der Waals surface area (Å²) in [4.78, 5) is 23.0. The maximum atomic E-state index is 13.8. The summed E-state index contributed by atoms with van der Waals surface area (Å²) in [5.41, 5.74) is 4.88. The number of carbonyl (C=O) groups excluding carboxylic acids is 1. The van der Waals surface area contributed by atoms with Crippen molar-refractivity contribution in [3.63, 3.8) is 0 Å². The number of nitrogens with zero attached hydrogens (tertiary/aromatic N) is 4. The van der Waals surface area contributed by atoms with Crippen molar-refractivity contribution in [3.8, 4) is 17.0 Å². The molecule has 34 heavy (non-hydrogen) atoms. The number of fused-ring (bicyclic) bond motifs is 2. The van der Waals surface area contributed by atoms with Crippen molar-refractivity contribution in [1.29, 1.82) is 0 Å². The van der Waals surface area contributed by atoms with Crippen LogP contribution in [-0.4, -0.2) is 62.2 Å². The molecule has 0 radical (unpaired) electrons. The molecule has 2 aliphatic rings. The van der Waals surface area contributed by atoms with Gasteiger partial charge in [0, 0.05) is 44.0 Å². The number of pyridine rings is 1. The lowest BCUT2D eigenvalue weighted by atomic mass is 10.0. The summed E-state index contributed by atoms with van der Waals surface area (Å²) in [7, 11) is 0.